The van der Waals surface area contributed by atoms with E-state index in [9.17, 15) is 4.79 Å². The Morgan fingerprint density at radius 3 is 2.90 bits per heavy atom. The van der Waals surface area contributed by atoms with Crippen LogP contribution < -0.4 is 10.9 Å². The van der Waals surface area contributed by atoms with Gasteiger partial charge < -0.3 is 5.32 Å². The van der Waals surface area contributed by atoms with Crippen molar-refractivity contribution < 1.29 is 0 Å². The van der Waals surface area contributed by atoms with Gasteiger partial charge in [0.25, 0.3) is 5.56 Å². The molecule has 1 heterocycles. The highest BCUT2D eigenvalue weighted by atomic mass is 35.5. The number of anilines is 1. The average molecular weight is 298 g/mol. The highest BCUT2D eigenvalue weighted by molar-refractivity contribution is 6.32. The van der Waals surface area contributed by atoms with E-state index in [1.165, 1.54) is 30.4 Å². The number of hydrogen-bond donors (Lipinski definition) is 1. The van der Waals surface area contributed by atoms with Gasteiger partial charge in [-0.1, -0.05) is 44.7 Å². The van der Waals surface area contributed by atoms with Crippen molar-refractivity contribution in [3.8, 4) is 0 Å². The van der Waals surface area contributed by atoms with Crippen molar-refractivity contribution in [1.82, 2.24) is 9.78 Å². The topological polar surface area (TPSA) is 46.9 Å². The summed E-state index contributed by atoms with van der Waals surface area (Å²) in [5.74, 6) is 1.40. The maximum absolute atomic E-state index is 12.0. The Labute approximate surface area is 125 Å². The van der Waals surface area contributed by atoms with Gasteiger partial charge in [-0.3, -0.25) is 4.79 Å². The molecule has 1 aliphatic carbocycles. The molecule has 2 unspecified atom stereocenters. The first-order valence-electron chi connectivity index (χ1n) is 7.63. The molecule has 0 saturated heterocycles. The molecule has 1 N–H and O–H groups in total. The van der Waals surface area contributed by atoms with Crippen molar-refractivity contribution >= 4 is 17.3 Å². The SMILES string of the molecule is CCCn1ncc(NCC2CCCCC2C)c(Cl)c1=O. The number of hydrogen-bond acceptors (Lipinski definition) is 3. The van der Waals surface area contributed by atoms with Crippen LogP contribution in [-0.2, 0) is 6.54 Å². The van der Waals surface area contributed by atoms with Crippen LogP contribution in [0, 0.1) is 11.8 Å². The standard InChI is InChI=1S/C15H24ClN3O/c1-3-8-19-15(20)14(16)13(10-18-19)17-9-12-7-5-4-6-11(12)2/h10-12,17H,3-9H2,1-2H3. The van der Waals surface area contributed by atoms with Gasteiger partial charge in [0.1, 0.15) is 5.02 Å². The van der Waals surface area contributed by atoms with Crippen molar-refractivity contribution in [2.24, 2.45) is 11.8 Å². The maximum Gasteiger partial charge on any atom is 0.287 e. The van der Waals surface area contributed by atoms with Crippen LogP contribution in [0.2, 0.25) is 5.02 Å². The van der Waals surface area contributed by atoms with Crippen LogP contribution in [0.15, 0.2) is 11.0 Å². The number of aryl methyl sites for hydroxylation is 1. The predicted molar refractivity (Wildman–Crippen MR) is 83.4 cm³/mol. The highest BCUT2D eigenvalue weighted by Gasteiger charge is 2.21. The molecule has 0 amide bonds. The van der Waals surface area contributed by atoms with Gasteiger partial charge in [0.05, 0.1) is 11.9 Å². The summed E-state index contributed by atoms with van der Waals surface area (Å²) in [5.41, 5.74) is 0.469. The molecule has 1 aromatic heterocycles. The van der Waals surface area contributed by atoms with Crippen LogP contribution >= 0.6 is 11.6 Å². The molecule has 2 rings (SSSR count). The summed E-state index contributed by atoms with van der Waals surface area (Å²) >= 11 is 6.15. The normalized spacial score (nSPS) is 22.8. The fraction of sp³-hybridized carbons (Fsp3) is 0.733. The summed E-state index contributed by atoms with van der Waals surface area (Å²) in [7, 11) is 0. The first-order valence-corrected chi connectivity index (χ1v) is 8.00. The summed E-state index contributed by atoms with van der Waals surface area (Å²) < 4.78 is 1.43. The summed E-state index contributed by atoms with van der Waals surface area (Å²) in [6.45, 7) is 5.81. The molecule has 1 fully saturated rings. The molecule has 0 aromatic carbocycles. The molecule has 1 aliphatic rings. The van der Waals surface area contributed by atoms with Crippen molar-refractivity contribution in [1.29, 1.82) is 0 Å². The van der Waals surface area contributed by atoms with Gasteiger partial charge in [-0.15, -0.1) is 0 Å². The van der Waals surface area contributed by atoms with Crippen molar-refractivity contribution in [2.45, 2.75) is 52.5 Å². The van der Waals surface area contributed by atoms with E-state index < -0.39 is 0 Å². The second kappa shape index (κ2) is 7.11. The zero-order valence-corrected chi connectivity index (χ0v) is 13.1. The third-order valence-electron chi connectivity index (χ3n) is 4.26. The third kappa shape index (κ3) is 3.54. The van der Waals surface area contributed by atoms with E-state index in [-0.39, 0.29) is 10.6 Å². The van der Waals surface area contributed by atoms with Gasteiger partial charge in [0, 0.05) is 13.1 Å². The molecule has 0 aliphatic heterocycles. The minimum atomic E-state index is -0.199. The van der Waals surface area contributed by atoms with Gasteiger partial charge in [0.15, 0.2) is 0 Å². The average Bonchev–Trinajstić information content (AvgIpc) is 2.45. The lowest BCUT2D eigenvalue weighted by Gasteiger charge is -2.29. The van der Waals surface area contributed by atoms with Crippen molar-refractivity contribution in [3.63, 3.8) is 0 Å². The maximum atomic E-state index is 12.0. The molecule has 1 aromatic rings. The van der Waals surface area contributed by atoms with Crippen LogP contribution in [0.3, 0.4) is 0 Å². The smallest absolute Gasteiger partial charge is 0.287 e. The van der Waals surface area contributed by atoms with Gasteiger partial charge in [0.2, 0.25) is 0 Å². The van der Waals surface area contributed by atoms with E-state index in [4.69, 9.17) is 11.6 Å². The second-order valence-electron chi connectivity index (χ2n) is 5.80. The molecule has 20 heavy (non-hydrogen) atoms. The minimum Gasteiger partial charge on any atom is -0.382 e. The number of rotatable bonds is 5. The zero-order chi connectivity index (χ0) is 14.5. The van der Waals surface area contributed by atoms with Gasteiger partial charge >= 0.3 is 0 Å². The molecule has 5 heteroatoms. The molecule has 112 valence electrons. The first-order chi connectivity index (χ1) is 9.63. The number of aromatic nitrogens is 2. The molecule has 0 bridgehead atoms. The van der Waals surface area contributed by atoms with E-state index in [1.54, 1.807) is 6.20 Å². The van der Waals surface area contributed by atoms with Crippen LogP contribution in [0.25, 0.3) is 0 Å². The molecule has 4 nitrogen and oxygen atoms in total. The van der Waals surface area contributed by atoms with E-state index in [0.717, 1.165) is 18.9 Å². The van der Waals surface area contributed by atoms with Gasteiger partial charge in [-0.25, -0.2) is 4.68 Å². The van der Waals surface area contributed by atoms with Gasteiger partial charge in [-0.2, -0.15) is 5.10 Å². The van der Waals surface area contributed by atoms with Crippen molar-refractivity contribution in [2.75, 3.05) is 11.9 Å². The number of halogens is 1. The van der Waals surface area contributed by atoms with Crippen molar-refractivity contribution in [3.05, 3.63) is 21.6 Å². The Hall–Kier alpha value is -1.03. The first kappa shape index (κ1) is 15.4. The molecule has 1 saturated carbocycles. The second-order valence-corrected chi connectivity index (χ2v) is 6.18. The van der Waals surface area contributed by atoms with E-state index in [1.807, 2.05) is 6.92 Å². The summed E-state index contributed by atoms with van der Waals surface area (Å²) in [4.78, 5) is 12.0. The van der Waals surface area contributed by atoms with Crippen LogP contribution in [-0.4, -0.2) is 16.3 Å². The monoisotopic (exact) mass is 297 g/mol. The Morgan fingerprint density at radius 1 is 1.45 bits per heavy atom. The third-order valence-corrected chi connectivity index (χ3v) is 4.63. The lowest BCUT2D eigenvalue weighted by Crippen LogP contribution is -2.27. The highest BCUT2D eigenvalue weighted by Crippen LogP contribution is 2.30. The molecule has 0 radical (unpaired) electrons. The van der Waals surface area contributed by atoms with Crippen LogP contribution in [0.1, 0.15) is 46.0 Å². The largest absolute Gasteiger partial charge is 0.382 e. The Morgan fingerprint density at radius 2 is 2.20 bits per heavy atom. The molecule has 0 spiro atoms. The lowest BCUT2D eigenvalue weighted by atomic mass is 9.80. The minimum absolute atomic E-state index is 0.199. The van der Waals surface area contributed by atoms with Crippen LogP contribution in [0.5, 0.6) is 0 Å². The molecule has 2 atom stereocenters. The fourth-order valence-electron chi connectivity index (χ4n) is 2.90. The summed E-state index contributed by atoms with van der Waals surface area (Å²) in [6.07, 6.45) is 7.75. The van der Waals surface area contributed by atoms with E-state index in [2.05, 4.69) is 17.3 Å². The Bertz CT molecular complexity index is 500. The quantitative estimate of drug-likeness (QED) is 0.904. The fourth-order valence-corrected chi connectivity index (χ4v) is 3.11. The molecular formula is C15H24ClN3O. The van der Waals surface area contributed by atoms with Gasteiger partial charge in [-0.05, 0) is 24.7 Å². The van der Waals surface area contributed by atoms with E-state index in [0.29, 0.717) is 18.2 Å². The Kier molecular flexibility index (Phi) is 5.46. The lowest BCUT2D eigenvalue weighted by molar-refractivity contribution is 0.268. The number of nitrogens with one attached hydrogen (secondary N) is 1. The summed E-state index contributed by atoms with van der Waals surface area (Å²) in [6, 6.07) is 0. The van der Waals surface area contributed by atoms with E-state index >= 15 is 0 Å². The van der Waals surface area contributed by atoms with Crippen LogP contribution in [0.4, 0.5) is 5.69 Å². The predicted octanol–water partition coefficient (Wildman–Crippen LogP) is 3.54. The summed E-state index contributed by atoms with van der Waals surface area (Å²) in [5, 5.41) is 7.75. The molecular weight excluding hydrogens is 274 g/mol. The zero-order valence-electron chi connectivity index (χ0n) is 12.4. The Balaban J connectivity index is 2.02. The number of nitrogens with zero attached hydrogens (tertiary/aromatic N) is 2.